The van der Waals surface area contributed by atoms with Crippen molar-refractivity contribution in [2.75, 3.05) is 23.3 Å². The van der Waals surface area contributed by atoms with Gasteiger partial charge in [0, 0.05) is 25.4 Å². The highest BCUT2D eigenvalue weighted by Crippen LogP contribution is 2.32. The van der Waals surface area contributed by atoms with Crippen molar-refractivity contribution in [3.05, 3.63) is 99.1 Å². The van der Waals surface area contributed by atoms with Crippen molar-refractivity contribution in [3.63, 3.8) is 0 Å². The number of carbonyl (C=O) groups excluding carboxylic acids is 2. The predicted molar refractivity (Wildman–Crippen MR) is 155 cm³/mol. The van der Waals surface area contributed by atoms with Gasteiger partial charge in [0.05, 0.1) is 36.4 Å². The molecule has 0 radical (unpaired) electrons. The molecule has 3 heterocycles. The lowest BCUT2D eigenvalue weighted by atomic mass is 9.97. The SMILES string of the molecule is Cc1cccc(CC(=O)Nc2ccc(N3CCC(c4nnc(CC(=O)Cc5cccc(C#N)c5)s4)CC3)cn2)c1. The van der Waals surface area contributed by atoms with Crippen LogP contribution in [0.2, 0.25) is 0 Å². The number of carbonyl (C=O) groups is 2. The highest BCUT2D eigenvalue weighted by molar-refractivity contribution is 7.11. The molecule has 1 fully saturated rings. The Morgan fingerprint density at radius 1 is 1.00 bits per heavy atom. The van der Waals surface area contributed by atoms with Gasteiger partial charge in [-0.1, -0.05) is 42.0 Å². The Hall–Kier alpha value is -4.42. The number of pyridine rings is 1. The number of anilines is 2. The fourth-order valence-corrected chi connectivity index (χ4v) is 5.98. The van der Waals surface area contributed by atoms with Gasteiger partial charge >= 0.3 is 0 Å². The molecule has 2 aromatic heterocycles. The van der Waals surface area contributed by atoms with Crippen molar-refractivity contribution in [1.29, 1.82) is 5.26 Å². The maximum atomic E-state index is 12.6. The molecule has 4 aromatic rings. The first-order valence-electron chi connectivity index (χ1n) is 13.3. The van der Waals surface area contributed by atoms with Crippen LogP contribution in [0.4, 0.5) is 11.5 Å². The van der Waals surface area contributed by atoms with E-state index >= 15 is 0 Å². The van der Waals surface area contributed by atoms with Gasteiger partial charge in [0.1, 0.15) is 21.6 Å². The Morgan fingerprint density at radius 3 is 2.50 bits per heavy atom. The molecule has 8 nitrogen and oxygen atoms in total. The number of amides is 1. The van der Waals surface area contributed by atoms with E-state index in [0.717, 1.165) is 58.3 Å². The van der Waals surface area contributed by atoms with Crippen LogP contribution < -0.4 is 10.2 Å². The molecule has 0 saturated carbocycles. The van der Waals surface area contributed by atoms with E-state index in [1.165, 1.54) is 11.3 Å². The van der Waals surface area contributed by atoms with Crippen LogP contribution in [-0.2, 0) is 28.9 Å². The zero-order chi connectivity index (χ0) is 27.9. The average Bonchev–Trinajstić information content (AvgIpc) is 3.42. The number of rotatable bonds is 9. The summed E-state index contributed by atoms with van der Waals surface area (Å²) in [6.45, 7) is 3.75. The minimum Gasteiger partial charge on any atom is -0.370 e. The second kappa shape index (κ2) is 12.6. The van der Waals surface area contributed by atoms with E-state index in [4.69, 9.17) is 5.26 Å². The first kappa shape index (κ1) is 27.2. The van der Waals surface area contributed by atoms with Crippen molar-refractivity contribution < 1.29 is 9.59 Å². The summed E-state index contributed by atoms with van der Waals surface area (Å²) in [6, 6.07) is 21.0. The van der Waals surface area contributed by atoms with E-state index in [1.54, 1.807) is 18.2 Å². The monoisotopic (exact) mass is 550 g/mol. The Bertz CT molecular complexity index is 1530. The van der Waals surface area contributed by atoms with Crippen LogP contribution in [0.15, 0.2) is 66.9 Å². The molecule has 1 aliphatic rings. The zero-order valence-corrected chi connectivity index (χ0v) is 23.2. The maximum Gasteiger partial charge on any atom is 0.229 e. The van der Waals surface area contributed by atoms with Gasteiger partial charge < -0.3 is 10.2 Å². The summed E-state index contributed by atoms with van der Waals surface area (Å²) < 4.78 is 0. The van der Waals surface area contributed by atoms with E-state index in [9.17, 15) is 9.59 Å². The van der Waals surface area contributed by atoms with Gasteiger partial charge in [-0.25, -0.2) is 4.98 Å². The number of piperidine rings is 1. The smallest absolute Gasteiger partial charge is 0.229 e. The molecule has 1 N–H and O–H groups in total. The third-order valence-corrected chi connectivity index (χ3v) is 8.05. The van der Waals surface area contributed by atoms with Crippen LogP contribution >= 0.6 is 11.3 Å². The van der Waals surface area contributed by atoms with E-state index in [0.29, 0.717) is 23.7 Å². The molecule has 1 saturated heterocycles. The van der Waals surface area contributed by atoms with E-state index < -0.39 is 0 Å². The fourth-order valence-electron chi connectivity index (χ4n) is 4.94. The van der Waals surface area contributed by atoms with Crippen LogP contribution in [0.25, 0.3) is 0 Å². The van der Waals surface area contributed by atoms with Crippen LogP contribution in [0, 0.1) is 18.3 Å². The van der Waals surface area contributed by atoms with Gasteiger partial charge in [0.15, 0.2) is 0 Å². The Labute approximate surface area is 237 Å². The largest absolute Gasteiger partial charge is 0.370 e. The van der Waals surface area contributed by atoms with Gasteiger partial charge in [-0.05, 0) is 55.2 Å². The number of hydrogen-bond acceptors (Lipinski definition) is 8. The standard InChI is InChI=1S/C31H30N6O2S/c1-21-4-2-5-22(14-21)17-29(39)34-28-9-8-26(20-33-28)37-12-10-25(11-13-37)31-36-35-30(40-31)18-27(38)16-23-6-3-7-24(15-23)19-32/h2-9,14-15,20,25H,10-13,16-18H2,1H3,(H,33,34,39). The summed E-state index contributed by atoms with van der Waals surface area (Å²) in [5.74, 6) is 0.843. The van der Waals surface area contributed by atoms with E-state index in [1.807, 2.05) is 55.6 Å². The van der Waals surface area contributed by atoms with Crippen molar-refractivity contribution in [1.82, 2.24) is 15.2 Å². The molecule has 202 valence electrons. The summed E-state index contributed by atoms with van der Waals surface area (Å²) in [5.41, 5.74) is 4.54. The van der Waals surface area contributed by atoms with Crippen LogP contribution in [0.1, 0.15) is 51.0 Å². The average molecular weight is 551 g/mol. The summed E-state index contributed by atoms with van der Waals surface area (Å²) in [5, 5.41) is 22.3. The summed E-state index contributed by atoms with van der Waals surface area (Å²) in [7, 11) is 0. The van der Waals surface area contributed by atoms with Crippen LogP contribution in [0.3, 0.4) is 0 Å². The van der Waals surface area contributed by atoms with Gasteiger partial charge in [-0.2, -0.15) is 5.26 Å². The first-order valence-corrected chi connectivity index (χ1v) is 14.2. The quantitative estimate of drug-likeness (QED) is 0.311. The van der Waals surface area contributed by atoms with Crippen molar-refractivity contribution in [2.45, 2.75) is 44.9 Å². The molecule has 0 atom stereocenters. The summed E-state index contributed by atoms with van der Waals surface area (Å²) in [4.78, 5) is 31.7. The van der Waals surface area contributed by atoms with Gasteiger partial charge in [-0.3, -0.25) is 9.59 Å². The van der Waals surface area contributed by atoms with Gasteiger partial charge in [0.2, 0.25) is 5.91 Å². The Kier molecular flexibility index (Phi) is 8.57. The maximum absolute atomic E-state index is 12.6. The summed E-state index contributed by atoms with van der Waals surface area (Å²) >= 11 is 1.53. The number of nitriles is 1. The highest BCUT2D eigenvalue weighted by Gasteiger charge is 2.24. The lowest BCUT2D eigenvalue weighted by Gasteiger charge is -2.32. The number of nitrogens with zero attached hydrogens (tertiary/aromatic N) is 5. The number of ketones is 1. The number of benzene rings is 2. The lowest BCUT2D eigenvalue weighted by molar-refractivity contribution is -0.118. The molecule has 0 aliphatic carbocycles. The van der Waals surface area contributed by atoms with Gasteiger partial charge in [-0.15, -0.1) is 21.5 Å². The minimum atomic E-state index is -0.0852. The fraction of sp³-hybridized carbons (Fsp3) is 0.290. The minimum absolute atomic E-state index is 0.0647. The second-order valence-corrected chi connectivity index (χ2v) is 11.2. The van der Waals surface area contributed by atoms with E-state index in [-0.39, 0.29) is 24.5 Å². The molecule has 0 spiro atoms. The number of aryl methyl sites for hydroxylation is 1. The Balaban J connectivity index is 1.09. The number of Topliss-reactive ketones (excluding diaryl/α,β-unsaturated/α-hetero) is 1. The normalized spacial score (nSPS) is 13.6. The molecular weight excluding hydrogens is 520 g/mol. The molecule has 0 unspecified atom stereocenters. The highest BCUT2D eigenvalue weighted by atomic mass is 32.1. The number of hydrogen-bond donors (Lipinski definition) is 1. The third-order valence-electron chi connectivity index (χ3n) is 6.96. The lowest BCUT2D eigenvalue weighted by Crippen LogP contribution is -2.32. The molecule has 5 rings (SSSR count). The van der Waals surface area contributed by atoms with Crippen LogP contribution in [0.5, 0.6) is 0 Å². The molecule has 9 heteroatoms. The second-order valence-electron chi connectivity index (χ2n) is 10.1. The third kappa shape index (κ3) is 7.16. The molecule has 0 bridgehead atoms. The number of nitrogens with one attached hydrogen (secondary N) is 1. The molecule has 1 aliphatic heterocycles. The van der Waals surface area contributed by atoms with E-state index in [2.05, 4.69) is 31.5 Å². The molecule has 1 amide bonds. The predicted octanol–water partition coefficient (Wildman–Crippen LogP) is 5.03. The summed E-state index contributed by atoms with van der Waals surface area (Å²) in [6.07, 6.45) is 4.55. The molecule has 40 heavy (non-hydrogen) atoms. The number of aromatic nitrogens is 3. The van der Waals surface area contributed by atoms with Crippen molar-refractivity contribution in [2.24, 2.45) is 0 Å². The molecular formula is C31H30N6O2S. The first-order chi connectivity index (χ1) is 19.4. The van der Waals surface area contributed by atoms with Crippen molar-refractivity contribution in [3.8, 4) is 6.07 Å². The zero-order valence-electron chi connectivity index (χ0n) is 22.3. The Morgan fingerprint density at radius 2 is 1.77 bits per heavy atom. The topological polar surface area (TPSA) is 112 Å². The van der Waals surface area contributed by atoms with Crippen molar-refractivity contribution >= 4 is 34.5 Å². The van der Waals surface area contributed by atoms with Crippen LogP contribution in [-0.4, -0.2) is 40.0 Å². The van der Waals surface area contributed by atoms with Gasteiger partial charge in [0.25, 0.3) is 0 Å². The molecule has 2 aromatic carbocycles.